The highest BCUT2D eigenvalue weighted by molar-refractivity contribution is 7.14. The monoisotopic (exact) mass is 352 g/mol. The summed E-state index contributed by atoms with van der Waals surface area (Å²) in [5.41, 5.74) is 2.60. The lowest BCUT2D eigenvalue weighted by molar-refractivity contribution is 0.568. The minimum absolute atomic E-state index is 0.293. The molecule has 4 aromatic rings. The Kier molecular flexibility index (Phi) is 5.14. The number of oxazole rings is 2. The van der Waals surface area contributed by atoms with Crippen LogP contribution in [0, 0.1) is 0 Å². The number of hydrogen-bond acceptors (Lipinski definition) is 5. The summed E-state index contributed by atoms with van der Waals surface area (Å²) in [6.45, 7) is 6.67. The average Bonchev–Trinajstić information content (AvgIpc) is 3.35. The number of nitrogens with zero attached hydrogens (tertiary/aromatic N) is 2. The van der Waals surface area contributed by atoms with Crippen LogP contribution in [0.4, 0.5) is 0 Å². The Morgan fingerprint density at radius 1 is 0.840 bits per heavy atom. The van der Waals surface area contributed by atoms with Crippen LogP contribution in [0.15, 0.2) is 75.5 Å². The fourth-order valence-corrected chi connectivity index (χ4v) is 3.10. The highest BCUT2D eigenvalue weighted by Gasteiger charge is 2.15. The Bertz CT molecular complexity index is 825. The van der Waals surface area contributed by atoms with Crippen molar-refractivity contribution in [3.63, 3.8) is 0 Å². The normalized spacial score (nSPS) is 11.0. The van der Waals surface area contributed by atoms with E-state index in [1.54, 1.807) is 36.3 Å². The second kappa shape index (κ2) is 7.49. The first kappa shape index (κ1) is 17.2. The molecular formula is C20H20N2O2S. The minimum Gasteiger partial charge on any atom is -0.444 e. The third-order valence-electron chi connectivity index (χ3n) is 3.59. The van der Waals surface area contributed by atoms with Crippen molar-refractivity contribution in [3.05, 3.63) is 72.3 Å². The molecule has 0 saturated carbocycles. The maximum atomic E-state index is 5.25. The molecule has 0 unspecified atom stereocenters. The average molecular weight is 352 g/mol. The zero-order chi connectivity index (χ0) is 17.7. The van der Waals surface area contributed by atoms with Crippen LogP contribution in [0.25, 0.3) is 22.2 Å². The second-order valence-corrected chi connectivity index (χ2v) is 7.37. The Balaban J connectivity index is 0.000000160. The summed E-state index contributed by atoms with van der Waals surface area (Å²) < 4.78 is 10.5. The van der Waals surface area contributed by atoms with Gasteiger partial charge in [-0.15, -0.1) is 11.3 Å². The Labute approximate surface area is 151 Å². The number of rotatable bonds is 2. The van der Waals surface area contributed by atoms with Crippen LogP contribution in [0.5, 0.6) is 0 Å². The van der Waals surface area contributed by atoms with E-state index in [0.717, 1.165) is 10.4 Å². The van der Waals surface area contributed by atoms with Gasteiger partial charge >= 0.3 is 0 Å². The van der Waals surface area contributed by atoms with E-state index in [1.165, 1.54) is 5.56 Å². The van der Waals surface area contributed by atoms with Crippen molar-refractivity contribution >= 4 is 11.3 Å². The fourth-order valence-electron chi connectivity index (χ4n) is 2.27. The lowest BCUT2D eigenvalue weighted by Crippen LogP contribution is -2.10. The van der Waals surface area contributed by atoms with Gasteiger partial charge in [-0.2, -0.15) is 0 Å². The largest absolute Gasteiger partial charge is 0.444 e. The van der Waals surface area contributed by atoms with Crippen LogP contribution < -0.4 is 0 Å². The van der Waals surface area contributed by atoms with E-state index in [0.29, 0.717) is 17.2 Å². The first-order valence-electron chi connectivity index (χ1n) is 7.98. The molecule has 0 atom stereocenters. The van der Waals surface area contributed by atoms with E-state index < -0.39 is 0 Å². The quantitative estimate of drug-likeness (QED) is 0.441. The maximum Gasteiger partial charge on any atom is 0.236 e. The highest BCUT2D eigenvalue weighted by atomic mass is 32.1. The van der Waals surface area contributed by atoms with E-state index in [4.69, 9.17) is 8.83 Å². The van der Waals surface area contributed by atoms with Crippen molar-refractivity contribution in [3.8, 4) is 22.2 Å². The third kappa shape index (κ3) is 4.25. The molecule has 128 valence electrons. The zero-order valence-electron chi connectivity index (χ0n) is 14.5. The van der Waals surface area contributed by atoms with Gasteiger partial charge in [-0.1, -0.05) is 51.1 Å². The van der Waals surface area contributed by atoms with E-state index in [9.17, 15) is 0 Å². The van der Waals surface area contributed by atoms with Gasteiger partial charge in [0, 0.05) is 0 Å². The first-order valence-corrected chi connectivity index (χ1v) is 8.86. The molecule has 0 aliphatic rings. The summed E-state index contributed by atoms with van der Waals surface area (Å²) in [7, 11) is 0. The molecular weight excluding hydrogens is 332 g/mol. The van der Waals surface area contributed by atoms with E-state index >= 15 is 0 Å². The highest BCUT2D eigenvalue weighted by Crippen LogP contribution is 2.34. The molecule has 5 heteroatoms. The van der Waals surface area contributed by atoms with Gasteiger partial charge in [0.15, 0.2) is 0 Å². The van der Waals surface area contributed by atoms with E-state index in [2.05, 4.69) is 61.1 Å². The van der Waals surface area contributed by atoms with Crippen LogP contribution in [0.2, 0.25) is 0 Å². The topological polar surface area (TPSA) is 52.1 Å². The molecule has 1 aromatic carbocycles. The summed E-state index contributed by atoms with van der Waals surface area (Å²) in [4.78, 5) is 9.14. The van der Waals surface area contributed by atoms with Crippen molar-refractivity contribution in [2.45, 2.75) is 26.2 Å². The first-order chi connectivity index (χ1) is 12.1. The van der Waals surface area contributed by atoms with Crippen LogP contribution in [0.1, 0.15) is 26.3 Å². The molecule has 0 aliphatic heterocycles. The van der Waals surface area contributed by atoms with E-state index in [1.807, 2.05) is 11.4 Å². The van der Waals surface area contributed by atoms with Crippen molar-refractivity contribution in [1.82, 2.24) is 9.97 Å². The molecule has 0 fully saturated rings. The van der Waals surface area contributed by atoms with Crippen molar-refractivity contribution in [2.24, 2.45) is 0 Å². The standard InChI is InChI=1S/C10H6N2O2S.C10H14/c1-6-15-8(10-12-3-5-14-10)7(1)9-11-2-4-13-9;1-10(2,3)9-7-5-4-6-8-9/h1-6H;4-8H,1-3H3. The zero-order valence-corrected chi connectivity index (χ0v) is 15.3. The molecule has 0 bridgehead atoms. The second-order valence-electron chi connectivity index (χ2n) is 6.45. The van der Waals surface area contributed by atoms with Gasteiger partial charge in [-0.25, -0.2) is 9.97 Å². The summed E-state index contributed by atoms with van der Waals surface area (Å²) in [6, 6.07) is 12.5. The number of thiophene rings is 1. The smallest absolute Gasteiger partial charge is 0.236 e. The molecule has 0 amide bonds. The van der Waals surface area contributed by atoms with Gasteiger partial charge in [-0.05, 0) is 22.4 Å². The predicted octanol–water partition coefficient (Wildman–Crippen LogP) is 6.04. The summed E-state index contributed by atoms with van der Waals surface area (Å²) in [6.07, 6.45) is 6.33. The molecule has 3 aromatic heterocycles. The van der Waals surface area contributed by atoms with Gasteiger partial charge in [0.25, 0.3) is 0 Å². The van der Waals surface area contributed by atoms with Crippen LogP contribution in [0.3, 0.4) is 0 Å². The Morgan fingerprint density at radius 3 is 2.00 bits per heavy atom. The molecule has 0 radical (unpaired) electrons. The Morgan fingerprint density at radius 2 is 1.48 bits per heavy atom. The summed E-state index contributed by atoms with van der Waals surface area (Å²) in [5.74, 6) is 1.18. The molecule has 0 N–H and O–H groups in total. The van der Waals surface area contributed by atoms with Gasteiger partial charge in [0.05, 0.1) is 18.0 Å². The molecule has 3 heterocycles. The van der Waals surface area contributed by atoms with Crippen LogP contribution >= 0.6 is 11.3 Å². The van der Waals surface area contributed by atoms with Crippen LogP contribution in [-0.4, -0.2) is 9.97 Å². The fraction of sp³-hybridized carbons (Fsp3) is 0.200. The minimum atomic E-state index is 0.293. The van der Waals surface area contributed by atoms with Gasteiger partial charge < -0.3 is 8.83 Å². The number of aromatic nitrogens is 2. The summed E-state index contributed by atoms with van der Waals surface area (Å²) >= 11 is 1.55. The molecule has 25 heavy (non-hydrogen) atoms. The molecule has 0 saturated heterocycles. The van der Waals surface area contributed by atoms with Gasteiger partial charge in [0.1, 0.15) is 17.4 Å². The lowest BCUT2D eigenvalue weighted by atomic mass is 9.87. The van der Waals surface area contributed by atoms with Crippen LogP contribution in [-0.2, 0) is 5.41 Å². The third-order valence-corrected chi connectivity index (χ3v) is 4.50. The number of benzene rings is 1. The molecule has 0 aliphatic carbocycles. The molecule has 4 rings (SSSR count). The number of hydrogen-bond donors (Lipinski definition) is 0. The summed E-state index contributed by atoms with van der Waals surface area (Å²) in [5, 5.41) is 1.96. The van der Waals surface area contributed by atoms with E-state index in [-0.39, 0.29) is 0 Å². The maximum absolute atomic E-state index is 5.25. The van der Waals surface area contributed by atoms with Gasteiger partial charge in [-0.3, -0.25) is 0 Å². The molecule has 0 spiro atoms. The van der Waals surface area contributed by atoms with Crippen molar-refractivity contribution < 1.29 is 8.83 Å². The SMILES string of the molecule is CC(C)(C)c1ccccc1.c1coc(-c2ccsc2-c2ncco2)n1. The molecule has 4 nitrogen and oxygen atoms in total. The van der Waals surface area contributed by atoms with Gasteiger partial charge in [0.2, 0.25) is 11.8 Å². The Hall–Kier alpha value is -2.66. The predicted molar refractivity (Wildman–Crippen MR) is 100 cm³/mol. The van der Waals surface area contributed by atoms with Crippen molar-refractivity contribution in [1.29, 1.82) is 0 Å². The van der Waals surface area contributed by atoms with Crippen molar-refractivity contribution in [2.75, 3.05) is 0 Å². The lowest BCUT2D eigenvalue weighted by Gasteiger charge is -2.18.